The smallest absolute Gasteiger partial charge is 0.114 e. The van der Waals surface area contributed by atoms with Crippen molar-refractivity contribution in [1.29, 1.82) is 0 Å². The van der Waals surface area contributed by atoms with Gasteiger partial charge in [-0.1, -0.05) is 25.4 Å². The molecule has 1 aromatic carbocycles. The number of nitrogens with zero attached hydrogens (tertiary/aromatic N) is 2. The van der Waals surface area contributed by atoms with Crippen LogP contribution >= 0.6 is 11.6 Å². The number of aryl methyl sites for hydroxylation is 1. The molecule has 0 spiro atoms. The van der Waals surface area contributed by atoms with Gasteiger partial charge in [0.2, 0.25) is 0 Å². The van der Waals surface area contributed by atoms with Gasteiger partial charge in [0, 0.05) is 23.5 Å². The summed E-state index contributed by atoms with van der Waals surface area (Å²) in [7, 11) is 0. The zero-order chi connectivity index (χ0) is 13.3. The number of imidazole rings is 1. The van der Waals surface area contributed by atoms with Crippen molar-refractivity contribution in [3.05, 3.63) is 29.0 Å². The van der Waals surface area contributed by atoms with Crippen LogP contribution in [0.4, 0.5) is 0 Å². The Morgan fingerprint density at radius 2 is 2.11 bits per heavy atom. The number of halogens is 1. The number of fused-ring (bicyclic) bond motifs is 1. The summed E-state index contributed by atoms with van der Waals surface area (Å²) in [6, 6.07) is 5.96. The van der Waals surface area contributed by atoms with Crippen LogP contribution in [0.2, 0.25) is 5.02 Å². The van der Waals surface area contributed by atoms with Gasteiger partial charge in [0.1, 0.15) is 5.82 Å². The summed E-state index contributed by atoms with van der Waals surface area (Å²) < 4.78 is 2.26. The van der Waals surface area contributed by atoms with Gasteiger partial charge in [0.25, 0.3) is 0 Å². The Bertz CT molecular complexity index is 545. The number of nitrogens with two attached hydrogens (primary N) is 1. The standard InChI is InChI=1S/C14H20ClN3/c1-4-7-18-13-6-5-11(15)8-12(13)17-14(18)9(2)10(3)16/h5-6,8-10H,4,7,16H2,1-3H3. The van der Waals surface area contributed by atoms with Crippen molar-refractivity contribution in [3.8, 4) is 0 Å². The topological polar surface area (TPSA) is 43.8 Å². The maximum Gasteiger partial charge on any atom is 0.114 e. The van der Waals surface area contributed by atoms with E-state index < -0.39 is 0 Å². The summed E-state index contributed by atoms with van der Waals surface area (Å²) in [6.07, 6.45) is 1.08. The third kappa shape index (κ3) is 2.38. The largest absolute Gasteiger partial charge is 0.328 e. The molecule has 0 bridgehead atoms. The average Bonchev–Trinajstić information content (AvgIpc) is 2.66. The summed E-state index contributed by atoms with van der Waals surface area (Å²) in [6.45, 7) is 7.28. The minimum atomic E-state index is 0.0906. The zero-order valence-electron chi connectivity index (χ0n) is 11.2. The van der Waals surface area contributed by atoms with E-state index in [1.54, 1.807) is 0 Å². The lowest BCUT2D eigenvalue weighted by Crippen LogP contribution is -2.25. The first-order chi connectivity index (χ1) is 8.54. The lowest BCUT2D eigenvalue weighted by atomic mass is 10.0. The van der Waals surface area contributed by atoms with Gasteiger partial charge in [-0.25, -0.2) is 4.98 Å². The van der Waals surface area contributed by atoms with Crippen molar-refractivity contribution >= 4 is 22.6 Å². The molecular weight excluding hydrogens is 246 g/mol. The first-order valence-electron chi connectivity index (χ1n) is 6.45. The Balaban J connectivity index is 2.60. The van der Waals surface area contributed by atoms with E-state index in [9.17, 15) is 0 Å². The van der Waals surface area contributed by atoms with Crippen LogP contribution in [0.15, 0.2) is 18.2 Å². The molecule has 0 aliphatic carbocycles. The molecule has 0 radical (unpaired) electrons. The molecule has 2 unspecified atom stereocenters. The first kappa shape index (κ1) is 13.4. The SMILES string of the molecule is CCCn1c(C(C)C(C)N)nc2cc(Cl)ccc21. The van der Waals surface area contributed by atoms with Gasteiger partial charge < -0.3 is 10.3 Å². The highest BCUT2D eigenvalue weighted by molar-refractivity contribution is 6.31. The molecule has 1 heterocycles. The van der Waals surface area contributed by atoms with Gasteiger partial charge in [-0.15, -0.1) is 0 Å². The third-order valence-electron chi connectivity index (χ3n) is 3.38. The van der Waals surface area contributed by atoms with Crippen LogP contribution in [-0.4, -0.2) is 15.6 Å². The molecule has 2 N–H and O–H groups in total. The number of benzene rings is 1. The minimum Gasteiger partial charge on any atom is -0.328 e. The van der Waals surface area contributed by atoms with E-state index in [-0.39, 0.29) is 12.0 Å². The van der Waals surface area contributed by atoms with Crippen molar-refractivity contribution in [1.82, 2.24) is 9.55 Å². The molecule has 2 atom stereocenters. The Labute approximate surface area is 113 Å². The second kappa shape index (κ2) is 5.29. The second-order valence-corrected chi connectivity index (χ2v) is 5.34. The van der Waals surface area contributed by atoms with Crippen molar-refractivity contribution in [3.63, 3.8) is 0 Å². The molecular formula is C14H20ClN3. The van der Waals surface area contributed by atoms with E-state index in [1.807, 2.05) is 25.1 Å². The minimum absolute atomic E-state index is 0.0906. The van der Waals surface area contributed by atoms with Crippen LogP contribution in [0.25, 0.3) is 11.0 Å². The Hall–Kier alpha value is -1.06. The van der Waals surface area contributed by atoms with Gasteiger partial charge in [0.15, 0.2) is 0 Å². The molecule has 4 heteroatoms. The highest BCUT2D eigenvalue weighted by atomic mass is 35.5. The third-order valence-corrected chi connectivity index (χ3v) is 3.62. The van der Waals surface area contributed by atoms with Gasteiger partial charge >= 0.3 is 0 Å². The van der Waals surface area contributed by atoms with E-state index in [0.717, 1.165) is 34.8 Å². The van der Waals surface area contributed by atoms with Gasteiger partial charge in [-0.05, 0) is 31.5 Å². The van der Waals surface area contributed by atoms with Crippen molar-refractivity contribution in [2.75, 3.05) is 0 Å². The van der Waals surface area contributed by atoms with Crippen molar-refractivity contribution < 1.29 is 0 Å². The normalized spacial score (nSPS) is 14.9. The van der Waals surface area contributed by atoms with Crippen molar-refractivity contribution in [2.45, 2.75) is 45.7 Å². The van der Waals surface area contributed by atoms with Crippen LogP contribution in [0.5, 0.6) is 0 Å². The quantitative estimate of drug-likeness (QED) is 0.919. The molecule has 0 saturated heterocycles. The van der Waals surface area contributed by atoms with Gasteiger partial charge in [-0.2, -0.15) is 0 Å². The zero-order valence-corrected chi connectivity index (χ0v) is 11.9. The fourth-order valence-corrected chi connectivity index (χ4v) is 2.33. The summed E-state index contributed by atoms with van der Waals surface area (Å²) in [5, 5.41) is 0.726. The Morgan fingerprint density at radius 3 is 2.72 bits per heavy atom. The fourth-order valence-electron chi connectivity index (χ4n) is 2.16. The number of hydrogen-bond acceptors (Lipinski definition) is 2. The van der Waals surface area contributed by atoms with E-state index in [4.69, 9.17) is 22.3 Å². The summed E-state index contributed by atoms with van der Waals surface area (Å²) in [4.78, 5) is 4.71. The van der Waals surface area contributed by atoms with E-state index >= 15 is 0 Å². The Kier molecular flexibility index (Phi) is 3.93. The van der Waals surface area contributed by atoms with Crippen LogP contribution < -0.4 is 5.73 Å². The van der Waals surface area contributed by atoms with Crippen LogP contribution in [0.3, 0.4) is 0 Å². The lowest BCUT2D eigenvalue weighted by Gasteiger charge is -2.17. The fraction of sp³-hybridized carbons (Fsp3) is 0.500. The monoisotopic (exact) mass is 265 g/mol. The molecule has 2 rings (SSSR count). The van der Waals surface area contributed by atoms with Crippen molar-refractivity contribution in [2.24, 2.45) is 5.73 Å². The number of aromatic nitrogens is 2. The molecule has 18 heavy (non-hydrogen) atoms. The molecule has 0 fully saturated rings. The maximum absolute atomic E-state index is 6.03. The molecule has 3 nitrogen and oxygen atoms in total. The number of rotatable bonds is 4. The highest BCUT2D eigenvalue weighted by Gasteiger charge is 2.19. The summed E-state index contributed by atoms with van der Waals surface area (Å²) in [5.41, 5.74) is 8.10. The van der Waals surface area contributed by atoms with Gasteiger partial charge in [-0.3, -0.25) is 0 Å². The first-order valence-corrected chi connectivity index (χ1v) is 6.83. The predicted molar refractivity (Wildman–Crippen MR) is 77.1 cm³/mol. The molecule has 0 aliphatic rings. The second-order valence-electron chi connectivity index (χ2n) is 4.90. The Morgan fingerprint density at radius 1 is 1.39 bits per heavy atom. The van der Waals surface area contributed by atoms with E-state index in [0.29, 0.717) is 0 Å². The highest BCUT2D eigenvalue weighted by Crippen LogP contribution is 2.26. The average molecular weight is 266 g/mol. The molecule has 0 aliphatic heterocycles. The van der Waals surface area contributed by atoms with E-state index in [1.165, 1.54) is 0 Å². The molecule has 0 amide bonds. The molecule has 0 saturated carbocycles. The van der Waals surface area contributed by atoms with Crippen LogP contribution in [0.1, 0.15) is 38.9 Å². The van der Waals surface area contributed by atoms with Crippen LogP contribution in [-0.2, 0) is 6.54 Å². The summed E-state index contributed by atoms with van der Waals surface area (Å²) >= 11 is 6.03. The molecule has 98 valence electrons. The molecule has 2 aromatic rings. The van der Waals surface area contributed by atoms with Gasteiger partial charge in [0.05, 0.1) is 11.0 Å². The maximum atomic E-state index is 6.03. The molecule has 1 aromatic heterocycles. The van der Waals surface area contributed by atoms with Crippen LogP contribution in [0, 0.1) is 0 Å². The lowest BCUT2D eigenvalue weighted by molar-refractivity contribution is 0.539. The number of hydrogen-bond donors (Lipinski definition) is 1. The summed E-state index contributed by atoms with van der Waals surface area (Å²) in [5.74, 6) is 1.30. The van der Waals surface area contributed by atoms with E-state index in [2.05, 4.69) is 18.4 Å². The predicted octanol–water partition coefficient (Wildman–Crippen LogP) is 3.55.